The van der Waals surface area contributed by atoms with Gasteiger partial charge in [0.1, 0.15) is 11.3 Å². The number of rotatable bonds is 8. The molecule has 1 aliphatic rings. The molecule has 0 aromatic heterocycles. The van der Waals surface area contributed by atoms with E-state index in [0.717, 1.165) is 25.0 Å². The molecule has 1 aromatic rings. The molecule has 2 N–H and O–H groups in total. The van der Waals surface area contributed by atoms with E-state index in [2.05, 4.69) is 21.4 Å². The van der Waals surface area contributed by atoms with Crippen LogP contribution in [-0.2, 0) is 9.59 Å². The average Bonchev–Trinajstić information content (AvgIpc) is 3.40. The summed E-state index contributed by atoms with van der Waals surface area (Å²) in [6, 6.07) is 6.85. The van der Waals surface area contributed by atoms with E-state index in [4.69, 9.17) is 0 Å². The van der Waals surface area contributed by atoms with Gasteiger partial charge in [-0.15, -0.1) is 13.2 Å². The van der Waals surface area contributed by atoms with Gasteiger partial charge in [0, 0.05) is 5.69 Å². The van der Waals surface area contributed by atoms with Crippen molar-refractivity contribution in [3.63, 3.8) is 0 Å². The molecule has 28 heavy (non-hydrogen) atoms. The standard InChI is InChI=1S/C18H21F3N4O3/c1-17(11-22,12-3-4-12)24-16(27)10-25(2)9-15(26)23-13-5-7-14(8-6-13)28-18(19,20)21/h5-8,12H,3-4,9-10H2,1-2H3,(H,23,26)(H,24,27). The van der Waals surface area contributed by atoms with Crippen molar-refractivity contribution in [3.05, 3.63) is 24.3 Å². The SMILES string of the molecule is CN(CC(=O)Nc1ccc(OC(F)(F)F)cc1)CC(=O)NC(C)(C#N)C1CC1. The number of carbonyl (C=O) groups excluding carboxylic acids is 2. The Hall–Kier alpha value is -2.80. The predicted octanol–water partition coefficient (Wildman–Crippen LogP) is 2.26. The van der Waals surface area contributed by atoms with Gasteiger partial charge >= 0.3 is 6.36 Å². The number of nitrogens with zero attached hydrogens (tertiary/aromatic N) is 2. The van der Waals surface area contributed by atoms with E-state index in [-0.39, 0.29) is 24.9 Å². The average molecular weight is 398 g/mol. The second kappa shape index (κ2) is 8.48. The highest BCUT2D eigenvalue weighted by Gasteiger charge is 2.43. The molecule has 2 rings (SSSR count). The van der Waals surface area contributed by atoms with Crippen LogP contribution >= 0.6 is 0 Å². The highest BCUT2D eigenvalue weighted by molar-refractivity contribution is 5.92. The monoisotopic (exact) mass is 398 g/mol. The molecule has 1 unspecified atom stereocenters. The molecule has 0 bridgehead atoms. The van der Waals surface area contributed by atoms with Crippen LogP contribution in [0.5, 0.6) is 5.75 Å². The van der Waals surface area contributed by atoms with Crippen LogP contribution in [0, 0.1) is 17.2 Å². The van der Waals surface area contributed by atoms with E-state index in [9.17, 15) is 28.0 Å². The minimum atomic E-state index is -4.78. The van der Waals surface area contributed by atoms with Gasteiger partial charge < -0.3 is 15.4 Å². The Morgan fingerprint density at radius 3 is 2.29 bits per heavy atom. The number of hydrogen-bond donors (Lipinski definition) is 2. The highest BCUT2D eigenvalue weighted by Crippen LogP contribution is 2.39. The number of carbonyl (C=O) groups is 2. The Labute approximate surface area is 160 Å². The first-order valence-corrected chi connectivity index (χ1v) is 8.57. The molecule has 10 heteroatoms. The summed E-state index contributed by atoms with van der Waals surface area (Å²) in [5, 5.41) is 14.5. The summed E-state index contributed by atoms with van der Waals surface area (Å²) >= 11 is 0. The predicted molar refractivity (Wildman–Crippen MR) is 94.1 cm³/mol. The first-order chi connectivity index (χ1) is 13.0. The van der Waals surface area contributed by atoms with Crippen LogP contribution in [0.3, 0.4) is 0 Å². The topological polar surface area (TPSA) is 94.5 Å². The molecular formula is C18H21F3N4O3. The van der Waals surface area contributed by atoms with Crippen molar-refractivity contribution < 1.29 is 27.5 Å². The first-order valence-electron chi connectivity index (χ1n) is 8.57. The van der Waals surface area contributed by atoms with Crippen molar-refractivity contribution in [3.8, 4) is 11.8 Å². The summed E-state index contributed by atoms with van der Waals surface area (Å²) in [6.07, 6.45) is -2.99. The number of hydrogen-bond acceptors (Lipinski definition) is 5. The number of likely N-dealkylation sites (N-methyl/N-ethyl adjacent to an activating group) is 1. The molecule has 0 aliphatic heterocycles. The third-order valence-electron chi connectivity index (χ3n) is 4.22. The van der Waals surface area contributed by atoms with Gasteiger partial charge in [-0.1, -0.05) is 0 Å². The molecule has 0 saturated heterocycles. The molecule has 0 heterocycles. The molecule has 1 aliphatic carbocycles. The lowest BCUT2D eigenvalue weighted by Gasteiger charge is -2.24. The minimum absolute atomic E-state index is 0.0736. The molecular weight excluding hydrogens is 377 g/mol. The van der Waals surface area contributed by atoms with Gasteiger partial charge in [0.15, 0.2) is 0 Å². The number of alkyl halides is 3. The zero-order chi connectivity index (χ0) is 20.9. The third kappa shape index (κ3) is 6.74. The zero-order valence-electron chi connectivity index (χ0n) is 15.5. The summed E-state index contributed by atoms with van der Waals surface area (Å²) in [7, 11) is 1.57. The van der Waals surface area contributed by atoms with Crippen LogP contribution in [0.4, 0.5) is 18.9 Å². The van der Waals surface area contributed by atoms with Gasteiger partial charge in [0.2, 0.25) is 11.8 Å². The largest absolute Gasteiger partial charge is 0.573 e. The van der Waals surface area contributed by atoms with E-state index in [1.165, 1.54) is 17.0 Å². The third-order valence-corrected chi connectivity index (χ3v) is 4.22. The lowest BCUT2D eigenvalue weighted by molar-refractivity contribution is -0.274. The van der Waals surface area contributed by atoms with Crippen molar-refractivity contribution in [2.24, 2.45) is 5.92 Å². The fourth-order valence-corrected chi connectivity index (χ4v) is 2.70. The molecule has 1 aromatic carbocycles. The van der Waals surface area contributed by atoms with Gasteiger partial charge in [-0.25, -0.2) is 0 Å². The van der Waals surface area contributed by atoms with Gasteiger partial charge in [-0.2, -0.15) is 5.26 Å². The minimum Gasteiger partial charge on any atom is -0.406 e. The maximum atomic E-state index is 12.1. The number of anilines is 1. The molecule has 1 atom stereocenters. The van der Waals surface area contributed by atoms with Crippen LogP contribution in [0.25, 0.3) is 0 Å². The van der Waals surface area contributed by atoms with E-state index in [0.29, 0.717) is 5.69 Å². The van der Waals surface area contributed by atoms with E-state index < -0.39 is 23.6 Å². The second-order valence-electron chi connectivity index (χ2n) is 6.93. The Morgan fingerprint density at radius 1 is 1.21 bits per heavy atom. The van der Waals surface area contributed by atoms with Gasteiger partial charge in [-0.05, 0) is 57.0 Å². The fourth-order valence-electron chi connectivity index (χ4n) is 2.70. The van der Waals surface area contributed by atoms with Crippen LogP contribution in [0.15, 0.2) is 24.3 Å². The maximum Gasteiger partial charge on any atom is 0.573 e. The van der Waals surface area contributed by atoms with E-state index in [1.54, 1.807) is 14.0 Å². The lowest BCUT2D eigenvalue weighted by atomic mass is 9.98. The zero-order valence-corrected chi connectivity index (χ0v) is 15.5. The number of nitriles is 1. The highest BCUT2D eigenvalue weighted by atomic mass is 19.4. The van der Waals surface area contributed by atoms with Crippen molar-refractivity contribution in [2.45, 2.75) is 31.7 Å². The number of nitrogens with one attached hydrogen (secondary N) is 2. The second-order valence-corrected chi connectivity index (χ2v) is 6.93. The molecule has 0 spiro atoms. The molecule has 1 saturated carbocycles. The number of ether oxygens (including phenoxy) is 1. The van der Waals surface area contributed by atoms with Crippen molar-refractivity contribution in [1.29, 1.82) is 5.26 Å². The Balaban J connectivity index is 1.79. The van der Waals surface area contributed by atoms with Crippen molar-refractivity contribution >= 4 is 17.5 Å². The summed E-state index contributed by atoms with van der Waals surface area (Å²) < 4.78 is 40.1. The van der Waals surface area contributed by atoms with Crippen LogP contribution in [0.1, 0.15) is 19.8 Å². The smallest absolute Gasteiger partial charge is 0.406 e. The Bertz CT molecular complexity index is 757. The van der Waals surface area contributed by atoms with Gasteiger partial charge in [-0.3, -0.25) is 14.5 Å². The quantitative estimate of drug-likeness (QED) is 0.701. The summed E-state index contributed by atoms with van der Waals surface area (Å²) in [5.74, 6) is -1.04. The van der Waals surface area contributed by atoms with Gasteiger partial charge in [0.25, 0.3) is 0 Å². The summed E-state index contributed by atoms with van der Waals surface area (Å²) in [4.78, 5) is 25.6. The Morgan fingerprint density at radius 2 is 1.79 bits per heavy atom. The first kappa shape index (κ1) is 21.5. The summed E-state index contributed by atoms with van der Waals surface area (Å²) in [6.45, 7) is 1.50. The van der Waals surface area contributed by atoms with E-state index in [1.807, 2.05) is 0 Å². The van der Waals surface area contributed by atoms with Crippen molar-refractivity contribution in [2.75, 3.05) is 25.5 Å². The van der Waals surface area contributed by atoms with Gasteiger partial charge in [0.05, 0.1) is 19.2 Å². The molecule has 152 valence electrons. The molecule has 7 nitrogen and oxygen atoms in total. The maximum absolute atomic E-state index is 12.1. The van der Waals surface area contributed by atoms with E-state index >= 15 is 0 Å². The normalized spacial score (nSPS) is 16.0. The lowest BCUT2D eigenvalue weighted by Crippen LogP contribution is -2.50. The molecule has 0 radical (unpaired) electrons. The van der Waals surface area contributed by atoms with Crippen LogP contribution in [0.2, 0.25) is 0 Å². The number of amides is 2. The van der Waals surface area contributed by atoms with Crippen molar-refractivity contribution in [1.82, 2.24) is 10.2 Å². The Kier molecular flexibility index (Phi) is 6.51. The molecule has 2 amide bonds. The fraction of sp³-hybridized carbons (Fsp3) is 0.500. The van der Waals surface area contributed by atoms with Crippen LogP contribution < -0.4 is 15.4 Å². The van der Waals surface area contributed by atoms with Crippen LogP contribution in [-0.4, -0.2) is 48.8 Å². The molecule has 1 fully saturated rings. The number of benzene rings is 1. The number of halogens is 3. The summed E-state index contributed by atoms with van der Waals surface area (Å²) in [5.41, 5.74) is -0.608.